The molecule has 1 fully saturated rings. The first kappa shape index (κ1) is 35.9. The van der Waals surface area contributed by atoms with E-state index in [0.717, 1.165) is 4.90 Å². The number of amides is 1. The van der Waals surface area contributed by atoms with E-state index < -0.39 is 75.8 Å². The molecule has 2 atom stereocenters. The standard InChI is InChI=1S/C30H41F3N4O7S/c1-9-45(40,41)36-25-20(37(17-30(25,32)33)27(39)44-29(6,7)8)15-19-11-10-12-21(24(19)31)42-26-18(2)13-14-22(35-26)34-16-23(38)43-28(3,4)5/h10-14,20,25,36H,9,15-17H2,1-8H3,(H,34,35)/t20-,25+/m0/s1. The molecule has 11 nitrogen and oxygen atoms in total. The summed E-state index contributed by atoms with van der Waals surface area (Å²) < 4.78 is 89.5. The van der Waals surface area contributed by atoms with Gasteiger partial charge in [-0.1, -0.05) is 18.2 Å². The van der Waals surface area contributed by atoms with Gasteiger partial charge in [-0.3, -0.25) is 9.69 Å². The van der Waals surface area contributed by atoms with Crippen molar-refractivity contribution in [3.63, 3.8) is 0 Å². The molecular weight excluding hydrogens is 617 g/mol. The van der Waals surface area contributed by atoms with E-state index in [-0.39, 0.29) is 29.6 Å². The molecule has 1 amide bonds. The second kappa shape index (κ2) is 13.4. The lowest BCUT2D eigenvalue weighted by Gasteiger charge is -2.30. The third-order valence-corrected chi connectivity index (χ3v) is 7.87. The zero-order chi connectivity index (χ0) is 34.0. The Morgan fingerprint density at radius 3 is 2.31 bits per heavy atom. The molecule has 1 saturated heterocycles. The maximum absolute atomic E-state index is 15.9. The van der Waals surface area contributed by atoms with Gasteiger partial charge in [-0.15, -0.1) is 0 Å². The van der Waals surface area contributed by atoms with Crippen molar-refractivity contribution in [2.24, 2.45) is 0 Å². The average molecular weight is 659 g/mol. The number of likely N-dealkylation sites (tertiary alicyclic amines) is 1. The van der Waals surface area contributed by atoms with Gasteiger partial charge in [-0.05, 0) is 79.5 Å². The number of esters is 1. The van der Waals surface area contributed by atoms with Crippen LogP contribution < -0.4 is 14.8 Å². The Hall–Kier alpha value is -3.59. The molecule has 15 heteroatoms. The Morgan fingerprint density at radius 1 is 1.07 bits per heavy atom. The molecule has 0 saturated carbocycles. The summed E-state index contributed by atoms with van der Waals surface area (Å²) in [7, 11) is -4.14. The first-order chi connectivity index (χ1) is 20.6. The lowest BCUT2D eigenvalue weighted by atomic mass is 9.98. The molecule has 45 heavy (non-hydrogen) atoms. The first-order valence-electron chi connectivity index (χ1n) is 14.4. The number of pyridine rings is 1. The third kappa shape index (κ3) is 9.95. The van der Waals surface area contributed by atoms with Crippen molar-refractivity contribution in [2.75, 3.05) is 24.2 Å². The number of aryl methyl sites for hydroxylation is 1. The van der Waals surface area contributed by atoms with Crippen LogP contribution >= 0.6 is 0 Å². The van der Waals surface area contributed by atoms with E-state index >= 15 is 13.2 Å². The topological polar surface area (TPSA) is 136 Å². The number of nitrogens with one attached hydrogen (secondary N) is 2. The van der Waals surface area contributed by atoms with Gasteiger partial charge >= 0.3 is 12.1 Å². The van der Waals surface area contributed by atoms with Gasteiger partial charge in [-0.25, -0.2) is 31.1 Å². The fourth-order valence-corrected chi connectivity index (χ4v) is 5.35. The summed E-state index contributed by atoms with van der Waals surface area (Å²) in [6.07, 6.45) is -1.58. The number of ether oxygens (including phenoxy) is 3. The van der Waals surface area contributed by atoms with Crippen LogP contribution in [0.3, 0.4) is 0 Å². The predicted octanol–water partition coefficient (Wildman–Crippen LogP) is 5.18. The second-order valence-electron chi connectivity index (χ2n) is 12.7. The van der Waals surface area contributed by atoms with Crippen molar-refractivity contribution in [2.45, 2.75) is 91.0 Å². The summed E-state index contributed by atoms with van der Waals surface area (Å²) >= 11 is 0. The van der Waals surface area contributed by atoms with Crippen LogP contribution in [0.15, 0.2) is 30.3 Å². The summed E-state index contributed by atoms with van der Waals surface area (Å²) in [4.78, 5) is 30.1. The fourth-order valence-electron chi connectivity index (χ4n) is 4.47. The molecule has 3 rings (SSSR count). The predicted molar refractivity (Wildman–Crippen MR) is 162 cm³/mol. The van der Waals surface area contributed by atoms with Crippen LogP contribution in [-0.4, -0.2) is 78.4 Å². The highest BCUT2D eigenvalue weighted by atomic mass is 32.2. The molecule has 1 aliphatic heterocycles. The number of hydrogen-bond acceptors (Lipinski definition) is 9. The van der Waals surface area contributed by atoms with Crippen LogP contribution in [0.25, 0.3) is 0 Å². The van der Waals surface area contributed by atoms with E-state index in [9.17, 15) is 18.0 Å². The van der Waals surface area contributed by atoms with Gasteiger partial charge in [0.05, 0.1) is 18.3 Å². The highest BCUT2D eigenvalue weighted by Crippen LogP contribution is 2.37. The highest BCUT2D eigenvalue weighted by molar-refractivity contribution is 7.89. The molecule has 0 spiro atoms. The van der Waals surface area contributed by atoms with Crippen molar-refractivity contribution in [1.82, 2.24) is 14.6 Å². The van der Waals surface area contributed by atoms with E-state index in [1.807, 2.05) is 4.72 Å². The Balaban J connectivity index is 1.90. The molecule has 250 valence electrons. The van der Waals surface area contributed by atoms with Crippen molar-refractivity contribution in [3.05, 3.63) is 47.3 Å². The highest BCUT2D eigenvalue weighted by Gasteiger charge is 2.58. The molecule has 0 aliphatic carbocycles. The number of halogens is 3. The molecule has 1 aliphatic rings. The minimum absolute atomic E-state index is 0.0107. The van der Waals surface area contributed by atoms with E-state index in [1.165, 1.54) is 25.1 Å². The zero-order valence-electron chi connectivity index (χ0n) is 26.7. The molecule has 1 aromatic carbocycles. The number of alkyl halides is 2. The van der Waals surface area contributed by atoms with Gasteiger partial charge in [0, 0.05) is 5.56 Å². The molecule has 0 bridgehead atoms. The van der Waals surface area contributed by atoms with Gasteiger partial charge in [0.25, 0.3) is 5.92 Å². The number of carbonyl (C=O) groups excluding carboxylic acids is 2. The van der Waals surface area contributed by atoms with Crippen molar-refractivity contribution < 1.29 is 45.4 Å². The van der Waals surface area contributed by atoms with Gasteiger partial charge in [0.2, 0.25) is 15.9 Å². The van der Waals surface area contributed by atoms with E-state index in [1.54, 1.807) is 60.6 Å². The summed E-state index contributed by atoms with van der Waals surface area (Å²) in [6.45, 7) is 11.5. The number of aromatic nitrogens is 1. The van der Waals surface area contributed by atoms with Crippen molar-refractivity contribution in [1.29, 1.82) is 0 Å². The van der Waals surface area contributed by atoms with E-state index in [4.69, 9.17) is 14.2 Å². The largest absolute Gasteiger partial charge is 0.459 e. The minimum Gasteiger partial charge on any atom is -0.459 e. The summed E-state index contributed by atoms with van der Waals surface area (Å²) in [5.74, 6) is -5.60. The van der Waals surface area contributed by atoms with Gasteiger partial charge in [-0.2, -0.15) is 4.98 Å². The number of nitrogens with zero attached hydrogens (tertiary/aromatic N) is 2. The molecule has 2 aromatic rings. The Morgan fingerprint density at radius 2 is 1.71 bits per heavy atom. The fraction of sp³-hybridized carbons (Fsp3) is 0.567. The van der Waals surface area contributed by atoms with E-state index in [0.29, 0.717) is 5.56 Å². The Kier molecular flexibility index (Phi) is 10.7. The molecule has 0 unspecified atom stereocenters. The Labute approximate surface area is 261 Å². The van der Waals surface area contributed by atoms with Gasteiger partial charge in [0.15, 0.2) is 11.6 Å². The van der Waals surface area contributed by atoms with Gasteiger partial charge < -0.3 is 19.5 Å². The van der Waals surface area contributed by atoms with Crippen molar-refractivity contribution in [3.8, 4) is 11.6 Å². The SMILES string of the molecule is CCS(=O)(=O)N[C@@H]1[C@H](Cc2cccc(Oc3nc(NCC(=O)OC(C)(C)C)ccc3C)c2F)N(C(=O)OC(C)(C)C)CC1(F)F. The number of anilines is 1. The second-order valence-corrected chi connectivity index (χ2v) is 14.8. The van der Waals surface area contributed by atoms with Crippen LogP contribution in [0, 0.1) is 12.7 Å². The van der Waals surface area contributed by atoms with Crippen LogP contribution in [0.1, 0.15) is 59.6 Å². The smallest absolute Gasteiger partial charge is 0.410 e. The first-order valence-corrected chi connectivity index (χ1v) is 16.0. The molecule has 2 N–H and O–H groups in total. The summed E-state index contributed by atoms with van der Waals surface area (Å²) in [6, 6.07) is 3.78. The zero-order valence-corrected chi connectivity index (χ0v) is 27.5. The minimum atomic E-state index is -4.14. The van der Waals surface area contributed by atoms with Crippen LogP contribution in [0.2, 0.25) is 0 Å². The molecule has 1 aromatic heterocycles. The monoisotopic (exact) mass is 658 g/mol. The van der Waals surface area contributed by atoms with Crippen molar-refractivity contribution >= 4 is 27.9 Å². The summed E-state index contributed by atoms with van der Waals surface area (Å²) in [5.41, 5.74) is -1.28. The molecular formula is C30H41F3N4O7S. The quantitative estimate of drug-likeness (QED) is 0.331. The maximum atomic E-state index is 15.9. The van der Waals surface area contributed by atoms with Crippen LogP contribution in [0.4, 0.5) is 23.8 Å². The Bertz CT molecular complexity index is 1510. The average Bonchev–Trinajstić information content (AvgIpc) is 3.14. The van der Waals surface area contributed by atoms with Crippen LogP contribution in [-0.2, 0) is 30.7 Å². The number of benzene rings is 1. The van der Waals surface area contributed by atoms with E-state index in [2.05, 4.69) is 10.3 Å². The number of sulfonamides is 1. The lowest BCUT2D eigenvalue weighted by Crippen LogP contribution is -2.53. The number of hydrogen-bond donors (Lipinski definition) is 2. The summed E-state index contributed by atoms with van der Waals surface area (Å²) in [5, 5.41) is 2.83. The molecule has 2 heterocycles. The lowest BCUT2D eigenvalue weighted by molar-refractivity contribution is -0.152. The number of rotatable bonds is 10. The molecule has 0 radical (unpaired) electrons. The maximum Gasteiger partial charge on any atom is 0.410 e. The third-order valence-electron chi connectivity index (χ3n) is 6.50. The normalized spacial score (nSPS) is 18.4. The van der Waals surface area contributed by atoms with Gasteiger partial charge in [0.1, 0.15) is 29.6 Å². The van der Waals surface area contributed by atoms with Crippen LogP contribution in [0.5, 0.6) is 11.6 Å². The number of carbonyl (C=O) groups is 2.